The van der Waals surface area contributed by atoms with Gasteiger partial charge in [0.25, 0.3) is 0 Å². The van der Waals surface area contributed by atoms with E-state index in [0.717, 1.165) is 22.4 Å². The first-order chi connectivity index (χ1) is 18.6. The molecule has 3 rings (SSSR count). The molecule has 0 aliphatic carbocycles. The van der Waals surface area contributed by atoms with Crippen LogP contribution in [-0.2, 0) is 23.8 Å². The number of thioether (sulfide) groups is 1. The molecule has 5 nitrogen and oxygen atoms in total. The average Bonchev–Trinajstić information content (AvgIpc) is 2.97. The van der Waals surface area contributed by atoms with Gasteiger partial charge in [-0.3, -0.25) is 9.59 Å². The first-order valence-corrected chi connectivity index (χ1v) is 14.3. The van der Waals surface area contributed by atoms with Crippen LogP contribution in [0, 0.1) is 10.8 Å². The van der Waals surface area contributed by atoms with Gasteiger partial charge in [-0.25, -0.2) is 0 Å². The first kappa shape index (κ1) is 30.3. The van der Waals surface area contributed by atoms with E-state index in [1.165, 1.54) is 7.11 Å². The fourth-order valence-electron chi connectivity index (χ4n) is 5.08. The Kier molecular flexibility index (Phi) is 10.3. The van der Waals surface area contributed by atoms with Crippen LogP contribution >= 0.6 is 11.8 Å². The Morgan fingerprint density at radius 3 is 1.72 bits per heavy atom. The van der Waals surface area contributed by atoms with Crippen molar-refractivity contribution in [3.8, 4) is 5.75 Å². The number of esters is 2. The van der Waals surface area contributed by atoms with Crippen molar-refractivity contribution in [3.63, 3.8) is 0 Å². The minimum atomic E-state index is -0.838. The van der Waals surface area contributed by atoms with E-state index in [2.05, 4.69) is 36.4 Å². The SMILES string of the molecule is CCC(C)(CC(C)(C)C(=O)OCCSC(c1ccccc1)(c1ccccc1)c1ccc(OC)cc1)C(=O)OC. The molecule has 0 aliphatic rings. The van der Waals surface area contributed by atoms with E-state index in [4.69, 9.17) is 14.2 Å². The summed E-state index contributed by atoms with van der Waals surface area (Å²) in [5.41, 5.74) is 1.78. The van der Waals surface area contributed by atoms with Gasteiger partial charge >= 0.3 is 11.9 Å². The molecule has 1 unspecified atom stereocenters. The number of hydrogen-bond donors (Lipinski definition) is 0. The van der Waals surface area contributed by atoms with Crippen molar-refractivity contribution < 1.29 is 23.8 Å². The maximum atomic E-state index is 13.2. The largest absolute Gasteiger partial charge is 0.497 e. The predicted octanol–water partition coefficient (Wildman–Crippen LogP) is 7.27. The zero-order valence-corrected chi connectivity index (χ0v) is 24.7. The molecule has 3 aromatic rings. The lowest BCUT2D eigenvalue weighted by atomic mass is 9.72. The van der Waals surface area contributed by atoms with Crippen LogP contribution in [0.1, 0.15) is 57.2 Å². The molecular formula is C33H40O5S. The van der Waals surface area contributed by atoms with E-state index in [1.54, 1.807) is 18.9 Å². The van der Waals surface area contributed by atoms with Crippen molar-refractivity contribution >= 4 is 23.7 Å². The lowest BCUT2D eigenvalue weighted by Gasteiger charge is -2.36. The Morgan fingerprint density at radius 2 is 1.26 bits per heavy atom. The van der Waals surface area contributed by atoms with Crippen LogP contribution in [0.2, 0.25) is 0 Å². The molecule has 6 heteroatoms. The van der Waals surface area contributed by atoms with Crippen LogP contribution in [-0.4, -0.2) is 38.5 Å². The van der Waals surface area contributed by atoms with Gasteiger partial charge in [-0.1, -0.05) is 79.7 Å². The summed E-state index contributed by atoms with van der Waals surface area (Å²) in [4.78, 5) is 25.6. The van der Waals surface area contributed by atoms with E-state index in [0.29, 0.717) is 18.6 Å². The van der Waals surface area contributed by atoms with E-state index in [1.807, 2.05) is 76.2 Å². The summed E-state index contributed by atoms with van der Waals surface area (Å²) < 4.78 is 15.7. The van der Waals surface area contributed by atoms with Gasteiger partial charge in [-0.2, -0.15) is 0 Å². The highest BCUT2D eigenvalue weighted by Gasteiger charge is 2.43. The summed E-state index contributed by atoms with van der Waals surface area (Å²) in [6.07, 6.45) is 0.920. The molecule has 0 amide bonds. The standard InChI is InChI=1S/C33H40O5S/c1-7-32(4,30(35)37-6)24-31(2,3)29(34)38-22-23-39-33(25-14-10-8-11-15-25,26-16-12-9-13-17-26)27-18-20-28(36-5)21-19-27/h8-21H,7,22-24H2,1-6H3. The zero-order valence-electron chi connectivity index (χ0n) is 23.9. The Balaban J connectivity index is 1.86. The maximum absolute atomic E-state index is 13.2. The fourth-order valence-corrected chi connectivity index (χ4v) is 6.46. The van der Waals surface area contributed by atoms with Gasteiger partial charge in [0.05, 0.1) is 29.8 Å². The molecule has 3 aromatic carbocycles. The molecule has 0 bridgehead atoms. The Hall–Kier alpha value is -3.25. The molecule has 208 valence electrons. The van der Waals surface area contributed by atoms with Crippen molar-refractivity contribution in [1.82, 2.24) is 0 Å². The molecule has 0 fully saturated rings. The molecule has 0 N–H and O–H groups in total. The number of methoxy groups -OCH3 is 2. The molecule has 0 spiro atoms. The topological polar surface area (TPSA) is 61.8 Å². The van der Waals surface area contributed by atoms with Crippen LogP contribution in [0.5, 0.6) is 5.75 Å². The molecule has 0 radical (unpaired) electrons. The lowest BCUT2D eigenvalue weighted by molar-refractivity contribution is -0.161. The molecule has 0 aromatic heterocycles. The van der Waals surface area contributed by atoms with Gasteiger partial charge < -0.3 is 14.2 Å². The van der Waals surface area contributed by atoms with Crippen LogP contribution in [0.15, 0.2) is 84.9 Å². The van der Waals surface area contributed by atoms with Crippen molar-refractivity contribution in [2.24, 2.45) is 10.8 Å². The second-order valence-electron chi connectivity index (χ2n) is 10.6. The first-order valence-electron chi connectivity index (χ1n) is 13.3. The molecule has 0 heterocycles. The van der Waals surface area contributed by atoms with Crippen molar-refractivity contribution in [3.05, 3.63) is 102 Å². The molecular weight excluding hydrogens is 508 g/mol. The minimum absolute atomic E-state index is 0.242. The highest BCUT2D eigenvalue weighted by atomic mass is 32.2. The Labute approximate surface area is 237 Å². The summed E-state index contributed by atoms with van der Waals surface area (Å²) >= 11 is 1.73. The summed E-state index contributed by atoms with van der Waals surface area (Å²) in [5.74, 6) is 0.734. The summed E-state index contributed by atoms with van der Waals surface area (Å²) in [6, 6.07) is 28.9. The van der Waals surface area contributed by atoms with E-state index in [9.17, 15) is 9.59 Å². The average molecular weight is 549 g/mol. The number of ether oxygens (including phenoxy) is 3. The van der Waals surface area contributed by atoms with Gasteiger partial charge in [-0.05, 0) is 62.4 Å². The highest BCUT2D eigenvalue weighted by Crippen LogP contribution is 2.48. The van der Waals surface area contributed by atoms with E-state index < -0.39 is 15.6 Å². The van der Waals surface area contributed by atoms with E-state index in [-0.39, 0.29) is 18.5 Å². The number of benzene rings is 3. The third-order valence-corrected chi connectivity index (χ3v) is 8.85. The summed E-state index contributed by atoms with van der Waals surface area (Å²) in [5, 5.41) is 0. The van der Waals surface area contributed by atoms with Gasteiger partial charge in [0.2, 0.25) is 0 Å². The smallest absolute Gasteiger partial charge is 0.311 e. The normalized spacial score (nSPS) is 13.3. The van der Waals surface area contributed by atoms with Crippen LogP contribution in [0.4, 0.5) is 0 Å². The lowest BCUT2D eigenvalue weighted by Crippen LogP contribution is -2.38. The summed E-state index contributed by atoms with van der Waals surface area (Å²) in [6.45, 7) is 7.67. The molecule has 0 aliphatic heterocycles. The second kappa shape index (κ2) is 13.2. The Bertz CT molecular complexity index is 1170. The predicted molar refractivity (Wildman–Crippen MR) is 158 cm³/mol. The van der Waals surface area contributed by atoms with Gasteiger partial charge in [-0.15, -0.1) is 11.8 Å². The van der Waals surface area contributed by atoms with Gasteiger partial charge in [0, 0.05) is 5.75 Å². The molecule has 0 saturated heterocycles. The Morgan fingerprint density at radius 1 is 0.744 bits per heavy atom. The third kappa shape index (κ3) is 6.85. The second-order valence-corrected chi connectivity index (χ2v) is 11.9. The number of carbonyl (C=O) groups is 2. The van der Waals surface area contributed by atoms with Crippen LogP contribution in [0.3, 0.4) is 0 Å². The van der Waals surface area contributed by atoms with Gasteiger partial charge in [0.15, 0.2) is 0 Å². The molecule has 39 heavy (non-hydrogen) atoms. The number of rotatable bonds is 13. The minimum Gasteiger partial charge on any atom is -0.497 e. The van der Waals surface area contributed by atoms with E-state index >= 15 is 0 Å². The van der Waals surface area contributed by atoms with Crippen LogP contribution < -0.4 is 4.74 Å². The zero-order chi connectivity index (χ0) is 28.5. The fraction of sp³-hybridized carbons (Fsp3) is 0.394. The van der Waals surface area contributed by atoms with Gasteiger partial charge in [0.1, 0.15) is 12.4 Å². The molecule has 0 saturated carbocycles. The summed E-state index contributed by atoms with van der Waals surface area (Å²) in [7, 11) is 3.04. The third-order valence-electron chi connectivity index (χ3n) is 7.34. The van der Waals surface area contributed by atoms with Crippen molar-refractivity contribution in [1.29, 1.82) is 0 Å². The maximum Gasteiger partial charge on any atom is 0.311 e. The number of hydrogen-bond acceptors (Lipinski definition) is 6. The monoisotopic (exact) mass is 548 g/mol. The molecule has 1 atom stereocenters. The van der Waals surface area contributed by atoms with Crippen molar-refractivity contribution in [2.75, 3.05) is 26.6 Å². The quantitative estimate of drug-likeness (QED) is 0.127. The van der Waals surface area contributed by atoms with Crippen molar-refractivity contribution in [2.45, 2.75) is 45.3 Å². The highest BCUT2D eigenvalue weighted by molar-refractivity contribution is 8.00. The van der Waals surface area contributed by atoms with Crippen LogP contribution in [0.25, 0.3) is 0 Å². The number of carbonyl (C=O) groups excluding carboxylic acids is 2.